The lowest BCUT2D eigenvalue weighted by Crippen LogP contribution is -2.66. The number of rotatable bonds is 74. The monoisotopic (exact) mass is 1540 g/mol. The molecule has 0 radical (unpaired) electrons. The summed E-state index contributed by atoms with van der Waals surface area (Å²) in [5.74, 6) is -0.281. The first-order valence-corrected chi connectivity index (χ1v) is 45.2. The summed E-state index contributed by atoms with van der Waals surface area (Å²) in [6.45, 7) is 1.78. The summed E-state index contributed by atoms with van der Waals surface area (Å²) in [5.41, 5.74) is 0. The number of hydrogen-bond acceptors (Lipinski definition) is 18. The third kappa shape index (κ3) is 47.8. The molecular formula is C89H167NO18. The SMILES string of the molecule is CCCCCCCCCCCCCCCCCCCC/C=C/CC/C=C/CC/C=C/C(O)C(COC1OC(CO)C(OC2OC(CO)C(OC3OC(CO)C(O)C(O)C3O)C(O)C2O)C(O)C1O)NC(=O)CCCCCCCCCCCCCCCCCCCCCCCCCCCCCCCCCCCCC. The first-order valence-electron chi connectivity index (χ1n) is 45.2. The Balaban J connectivity index is 1.33. The van der Waals surface area contributed by atoms with E-state index >= 15 is 0 Å². The lowest BCUT2D eigenvalue weighted by Gasteiger charge is -2.48. The van der Waals surface area contributed by atoms with Crippen LogP contribution in [0.2, 0.25) is 0 Å². The van der Waals surface area contributed by atoms with Gasteiger partial charge < -0.3 is 89.9 Å². The maximum Gasteiger partial charge on any atom is 0.220 e. The van der Waals surface area contributed by atoms with E-state index < -0.39 is 124 Å². The van der Waals surface area contributed by atoms with Gasteiger partial charge >= 0.3 is 0 Å². The van der Waals surface area contributed by atoms with Gasteiger partial charge in [-0.2, -0.15) is 0 Å². The maximum atomic E-state index is 13.5. The summed E-state index contributed by atoms with van der Waals surface area (Å²) < 4.78 is 34.5. The van der Waals surface area contributed by atoms with Crippen molar-refractivity contribution in [2.24, 2.45) is 0 Å². The van der Waals surface area contributed by atoms with Crippen molar-refractivity contribution in [3.63, 3.8) is 0 Å². The van der Waals surface area contributed by atoms with E-state index in [1.807, 2.05) is 6.08 Å². The molecule has 636 valence electrons. The van der Waals surface area contributed by atoms with Gasteiger partial charge in [-0.25, -0.2) is 0 Å². The average Bonchev–Trinajstić information content (AvgIpc) is 0.780. The molecule has 0 saturated carbocycles. The molecule has 17 atom stereocenters. The number of allylic oxidation sites excluding steroid dienone is 5. The van der Waals surface area contributed by atoms with Crippen LogP contribution in [0.4, 0.5) is 0 Å². The van der Waals surface area contributed by atoms with Gasteiger partial charge in [0.25, 0.3) is 0 Å². The van der Waals surface area contributed by atoms with E-state index in [9.17, 15) is 61.0 Å². The van der Waals surface area contributed by atoms with E-state index in [4.69, 9.17) is 28.4 Å². The van der Waals surface area contributed by atoms with E-state index in [1.54, 1.807) is 6.08 Å². The molecule has 0 spiro atoms. The average molecular weight is 1540 g/mol. The van der Waals surface area contributed by atoms with E-state index in [0.29, 0.717) is 12.8 Å². The highest BCUT2D eigenvalue weighted by Gasteiger charge is 2.54. The largest absolute Gasteiger partial charge is 0.394 e. The van der Waals surface area contributed by atoms with Gasteiger partial charge in [0.1, 0.15) is 73.2 Å². The van der Waals surface area contributed by atoms with Gasteiger partial charge in [-0.1, -0.05) is 378 Å². The number of unbranched alkanes of at least 4 members (excludes halogenated alkanes) is 54. The van der Waals surface area contributed by atoms with Crippen LogP contribution < -0.4 is 5.32 Å². The number of ether oxygens (including phenoxy) is 6. The fraction of sp³-hybridized carbons (Fsp3) is 0.921. The van der Waals surface area contributed by atoms with Crippen molar-refractivity contribution < 1.29 is 89.4 Å². The van der Waals surface area contributed by atoms with Crippen LogP contribution in [0.25, 0.3) is 0 Å². The number of nitrogens with one attached hydrogen (secondary N) is 1. The normalized spacial score (nSPS) is 25.5. The molecule has 0 bridgehead atoms. The van der Waals surface area contributed by atoms with Crippen molar-refractivity contribution in [2.75, 3.05) is 26.4 Å². The zero-order valence-corrected chi connectivity index (χ0v) is 68.6. The molecule has 3 rings (SSSR count). The Bertz CT molecular complexity index is 2090. The van der Waals surface area contributed by atoms with Crippen molar-refractivity contribution in [1.29, 1.82) is 0 Å². The van der Waals surface area contributed by atoms with Gasteiger partial charge in [-0.15, -0.1) is 0 Å². The predicted octanol–water partition coefficient (Wildman–Crippen LogP) is 17.0. The first kappa shape index (κ1) is 100. The second-order valence-corrected chi connectivity index (χ2v) is 32.4. The van der Waals surface area contributed by atoms with Gasteiger partial charge in [0, 0.05) is 6.42 Å². The molecule has 3 fully saturated rings. The highest BCUT2D eigenvalue weighted by atomic mass is 16.8. The molecule has 0 aromatic rings. The van der Waals surface area contributed by atoms with Crippen LogP contribution >= 0.6 is 0 Å². The molecule has 17 unspecified atom stereocenters. The highest BCUT2D eigenvalue weighted by Crippen LogP contribution is 2.34. The van der Waals surface area contributed by atoms with Gasteiger partial charge in [0.05, 0.1) is 38.6 Å². The number of carbonyl (C=O) groups is 1. The van der Waals surface area contributed by atoms with E-state index in [2.05, 4.69) is 43.5 Å². The molecule has 108 heavy (non-hydrogen) atoms. The molecule has 0 aromatic carbocycles. The molecule has 0 aliphatic carbocycles. The van der Waals surface area contributed by atoms with Gasteiger partial charge in [0.15, 0.2) is 18.9 Å². The van der Waals surface area contributed by atoms with Crippen LogP contribution in [0, 0.1) is 0 Å². The van der Waals surface area contributed by atoms with Crippen LogP contribution in [0.15, 0.2) is 36.5 Å². The molecule has 19 heteroatoms. The van der Waals surface area contributed by atoms with Crippen molar-refractivity contribution in [3.8, 4) is 0 Å². The van der Waals surface area contributed by atoms with Crippen molar-refractivity contribution >= 4 is 5.91 Å². The van der Waals surface area contributed by atoms with E-state index in [0.717, 1.165) is 44.9 Å². The lowest BCUT2D eigenvalue weighted by molar-refractivity contribution is -0.379. The van der Waals surface area contributed by atoms with Crippen LogP contribution in [0.5, 0.6) is 0 Å². The number of amides is 1. The summed E-state index contributed by atoms with van der Waals surface area (Å²) in [6, 6.07) is -0.997. The van der Waals surface area contributed by atoms with E-state index in [-0.39, 0.29) is 18.9 Å². The zero-order chi connectivity index (χ0) is 78.1. The van der Waals surface area contributed by atoms with Crippen molar-refractivity contribution in [2.45, 2.75) is 497 Å². The Labute approximate surface area is 657 Å². The minimum Gasteiger partial charge on any atom is -0.394 e. The summed E-state index contributed by atoms with van der Waals surface area (Å²) in [6.07, 6.45) is 61.7. The fourth-order valence-electron chi connectivity index (χ4n) is 15.5. The summed E-state index contributed by atoms with van der Waals surface area (Å²) in [4.78, 5) is 13.5. The minimum absolute atomic E-state index is 0.237. The Kier molecular flexibility index (Phi) is 64.3. The molecule has 1 amide bonds. The number of aliphatic hydroxyl groups is 11. The smallest absolute Gasteiger partial charge is 0.220 e. The van der Waals surface area contributed by atoms with Gasteiger partial charge in [-0.3, -0.25) is 4.79 Å². The molecule has 3 aliphatic heterocycles. The first-order chi connectivity index (χ1) is 52.8. The molecule has 3 aliphatic rings. The zero-order valence-electron chi connectivity index (χ0n) is 68.6. The maximum absolute atomic E-state index is 13.5. The predicted molar refractivity (Wildman–Crippen MR) is 434 cm³/mol. The third-order valence-electron chi connectivity index (χ3n) is 22.7. The van der Waals surface area contributed by atoms with Crippen LogP contribution in [0.3, 0.4) is 0 Å². The molecule has 3 saturated heterocycles. The molecule has 0 aromatic heterocycles. The van der Waals surface area contributed by atoms with Crippen molar-refractivity contribution in [1.82, 2.24) is 5.32 Å². The number of carbonyl (C=O) groups excluding carboxylic acids is 1. The van der Waals surface area contributed by atoms with Crippen LogP contribution in [0.1, 0.15) is 393 Å². The molecule has 3 heterocycles. The second-order valence-electron chi connectivity index (χ2n) is 32.4. The highest BCUT2D eigenvalue weighted by molar-refractivity contribution is 5.76. The lowest BCUT2D eigenvalue weighted by atomic mass is 9.96. The Hall–Kier alpha value is -1.99. The summed E-state index contributed by atoms with van der Waals surface area (Å²) >= 11 is 0. The van der Waals surface area contributed by atoms with Crippen LogP contribution in [-0.2, 0) is 33.2 Å². The van der Waals surface area contributed by atoms with Crippen molar-refractivity contribution in [3.05, 3.63) is 36.5 Å². The minimum atomic E-state index is -1.98. The van der Waals surface area contributed by atoms with Gasteiger partial charge in [0.2, 0.25) is 5.91 Å². The topological polar surface area (TPSA) is 307 Å². The number of hydrogen-bond donors (Lipinski definition) is 12. The Morgan fingerprint density at radius 1 is 0.324 bits per heavy atom. The molecule has 19 nitrogen and oxygen atoms in total. The fourth-order valence-corrected chi connectivity index (χ4v) is 15.5. The Morgan fingerprint density at radius 3 is 0.926 bits per heavy atom. The Morgan fingerprint density at radius 2 is 0.593 bits per heavy atom. The quantitative estimate of drug-likeness (QED) is 0.0199. The third-order valence-corrected chi connectivity index (χ3v) is 22.7. The van der Waals surface area contributed by atoms with E-state index in [1.165, 1.54) is 315 Å². The van der Waals surface area contributed by atoms with Gasteiger partial charge in [-0.05, 0) is 44.9 Å². The summed E-state index contributed by atoms with van der Waals surface area (Å²) in [7, 11) is 0. The standard InChI is InChI=1S/C89H167NO18/c1-3-5-7-9-11-13-15-17-19-21-23-25-27-29-31-33-34-35-36-37-38-39-41-43-45-47-49-51-53-55-57-59-61-63-65-67-77(95)90-72(73(94)66-64-62-60-58-56-54-52-50-48-46-44-42-40-32-30-28-26-24-22-20-18-16-14-12-10-8-6-4-2)71-103-87-83(101)80(98)85(75(69-92)105-87)108-89-84(102)81(99)86(76(70-93)106-89)107-88-82(100)79(97)78(96)74(68-91)104-88/h48,50,56,58,64,66,72-76,78-89,91-94,96-102H,3-47,49,51-55,57,59-63,65,67-71H2,1-2H3,(H,90,95)/b50-48+,58-56+,66-64+. The summed E-state index contributed by atoms with van der Waals surface area (Å²) in [5, 5.41) is 121. The second kappa shape index (κ2) is 69.3. The van der Waals surface area contributed by atoms with Crippen LogP contribution in [-0.4, -0.2) is 193 Å². The molecular weight excluding hydrogens is 1370 g/mol. The number of aliphatic hydroxyl groups excluding tert-OH is 11. The molecule has 12 N–H and O–H groups in total.